The Labute approximate surface area is 143 Å². The minimum absolute atomic E-state index is 0.447. The summed E-state index contributed by atoms with van der Waals surface area (Å²) in [5.41, 5.74) is 4.53. The molecule has 1 heterocycles. The maximum atomic E-state index is 5.97. The molecule has 2 aromatic carbocycles. The van der Waals surface area contributed by atoms with Gasteiger partial charge in [0, 0.05) is 6.54 Å². The summed E-state index contributed by atoms with van der Waals surface area (Å²) in [6, 6.07) is 16.5. The Bertz CT molecular complexity index is 844. The molecule has 0 atom stereocenters. The fourth-order valence-electron chi connectivity index (χ4n) is 2.78. The van der Waals surface area contributed by atoms with Gasteiger partial charge < -0.3 is 9.30 Å². The van der Waals surface area contributed by atoms with Gasteiger partial charge in [0.05, 0.1) is 11.0 Å². The van der Waals surface area contributed by atoms with Gasteiger partial charge in [-0.05, 0) is 42.7 Å². The number of hydrogen-bond donors (Lipinski definition) is 0. The molecule has 0 bridgehead atoms. The number of para-hydroxylation sites is 2. The van der Waals surface area contributed by atoms with Crippen molar-refractivity contribution < 1.29 is 4.74 Å². The van der Waals surface area contributed by atoms with Crippen molar-refractivity contribution in [3.05, 3.63) is 72.1 Å². The Morgan fingerprint density at radius 2 is 1.83 bits per heavy atom. The summed E-state index contributed by atoms with van der Waals surface area (Å²) in [7, 11) is 0. The molecule has 0 aliphatic heterocycles. The molecule has 0 radical (unpaired) electrons. The second kappa shape index (κ2) is 6.91. The van der Waals surface area contributed by atoms with Gasteiger partial charge in [-0.15, -0.1) is 0 Å². The van der Waals surface area contributed by atoms with Crippen LogP contribution in [-0.2, 0) is 13.2 Å². The molecular formula is C21H24N2O. The first-order valence-corrected chi connectivity index (χ1v) is 8.36. The SMILES string of the molecule is C=C(C)Cn1c(COc2ccc(C(C)C)cc2)nc2ccccc21. The van der Waals surface area contributed by atoms with Crippen LogP contribution in [0.4, 0.5) is 0 Å². The standard InChI is InChI=1S/C21H24N2O/c1-15(2)13-23-20-8-6-5-7-19(20)22-21(23)14-24-18-11-9-17(10-12-18)16(3)4/h5-12,16H,1,13-14H2,2-4H3. The minimum atomic E-state index is 0.447. The highest BCUT2D eigenvalue weighted by Gasteiger charge is 2.11. The lowest BCUT2D eigenvalue weighted by molar-refractivity contribution is 0.291. The first kappa shape index (κ1) is 16.3. The van der Waals surface area contributed by atoms with Crippen LogP contribution in [-0.4, -0.2) is 9.55 Å². The van der Waals surface area contributed by atoms with E-state index in [4.69, 9.17) is 9.72 Å². The largest absolute Gasteiger partial charge is 0.486 e. The summed E-state index contributed by atoms with van der Waals surface area (Å²) >= 11 is 0. The fraction of sp³-hybridized carbons (Fsp3) is 0.286. The number of rotatable bonds is 6. The quantitative estimate of drug-likeness (QED) is 0.575. The molecule has 0 aliphatic carbocycles. The molecule has 1 aromatic heterocycles. The maximum absolute atomic E-state index is 5.97. The molecule has 0 unspecified atom stereocenters. The number of aromatic nitrogens is 2. The number of ether oxygens (including phenoxy) is 1. The van der Waals surface area contributed by atoms with Gasteiger partial charge in [0.1, 0.15) is 18.2 Å². The zero-order valence-corrected chi connectivity index (χ0v) is 14.6. The molecule has 3 nitrogen and oxygen atoms in total. The molecule has 3 heteroatoms. The van der Waals surface area contributed by atoms with Crippen LogP contribution in [0.25, 0.3) is 11.0 Å². The molecule has 24 heavy (non-hydrogen) atoms. The summed E-state index contributed by atoms with van der Waals surface area (Å²) in [5, 5.41) is 0. The molecule has 124 valence electrons. The molecule has 3 rings (SSSR count). The number of hydrogen-bond acceptors (Lipinski definition) is 2. The van der Waals surface area contributed by atoms with Crippen molar-refractivity contribution >= 4 is 11.0 Å². The molecular weight excluding hydrogens is 296 g/mol. The summed E-state index contributed by atoms with van der Waals surface area (Å²) < 4.78 is 8.15. The van der Waals surface area contributed by atoms with E-state index in [1.807, 2.05) is 37.3 Å². The van der Waals surface area contributed by atoms with Gasteiger partial charge in [-0.1, -0.05) is 50.3 Å². The summed E-state index contributed by atoms with van der Waals surface area (Å²) in [4.78, 5) is 4.72. The number of nitrogens with zero attached hydrogens (tertiary/aromatic N) is 2. The summed E-state index contributed by atoms with van der Waals surface area (Å²) in [6.45, 7) is 11.6. The van der Waals surface area contributed by atoms with Gasteiger partial charge >= 0.3 is 0 Å². The van der Waals surface area contributed by atoms with Crippen LogP contribution < -0.4 is 4.74 Å². The number of fused-ring (bicyclic) bond motifs is 1. The predicted molar refractivity (Wildman–Crippen MR) is 99.4 cm³/mol. The molecule has 0 fully saturated rings. The van der Waals surface area contributed by atoms with Crippen molar-refractivity contribution in [1.29, 1.82) is 0 Å². The summed E-state index contributed by atoms with van der Waals surface area (Å²) in [6.07, 6.45) is 0. The van der Waals surface area contributed by atoms with Gasteiger partial charge in [0.15, 0.2) is 0 Å². The van der Waals surface area contributed by atoms with E-state index >= 15 is 0 Å². The van der Waals surface area contributed by atoms with Gasteiger partial charge in [0.2, 0.25) is 0 Å². The Balaban J connectivity index is 1.82. The smallest absolute Gasteiger partial charge is 0.148 e. The lowest BCUT2D eigenvalue weighted by atomic mass is 10.0. The van der Waals surface area contributed by atoms with Crippen LogP contribution in [0, 0.1) is 0 Å². The van der Waals surface area contributed by atoms with E-state index in [-0.39, 0.29) is 0 Å². The number of benzene rings is 2. The molecule has 0 saturated carbocycles. The van der Waals surface area contributed by atoms with Crippen LogP contribution >= 0.6 is 0 Å². The van der Waals surface area contributed by atoms with Crippen molar-refractivity contribution in [3.63, 3.8) is 0 Å². The zero-order chi connectivity index (χ0) is 17.1. The second-order valence-electron chi connectivity index (χ2n) is 6.57. The first-order chi connectivity index (χ1) is 11.5. The van der Waals surface area contributed by atoms with Crippen molar-refractivity contribution in [2.75, 3.05) is 0 Å². The lowest BCUT2D eigenvalue weighted by Crippen LogP contribution is -2.08. The van der Waals surface area contributed by atoms with E-state index < -0.39 is 0 Å². The molecule has 0 aliphatic rings. The molecule has 0 N–H and O–H groups in total. The van der Waals surface area contributed by atoms with E-state index in [1.54, 1.807) is 0 Å². The topological polar surface area (TPSA) is 27.1 Å². The van der Waals surface area contributed by atoms with Gasteiger partial charge in [-0.2, -0.15) is 0 Å². The molecule has 3 aromatic rings. The Morgan fingerprint density at radius 3 is 2.50 bits per heavy atom. The average molecular weight is 320 g/mol. The molecule has 0 saturated heterocycles. The van der Waals surface area contributed by atoms with Gasteiger partial charge in [0.25, 0.3) is 0 Å². The predicted octanol–water partition coefficient (Wildman–Crippen LogP) is 5.31. The third-order valence-corrected chi connectivity index (χ3v) is 4.08. The van der Waals surface area contributed by atoms with E-state index in [2.05, 4.69) is 43.2 Å². The van der Waals surface area contributed by atoms with Crippen LogP contribution in [0.3, 0.4) is 0 Å². The van der Waals surface area contributed by atoms with E-state index in [0.29, 0.717) is 12.5 Å². The van der Waals surface area contributed by atoms with Gasteiger partial charge in [-0.25, -0.2) is 4.98 Å². The molecule has 0 amide bonds. The third kappa shape index (κ3) is 3.51. The van der Waals surface area contributed by atoms with Crippen LogP contribution in [0.15, 0.2) is 60.7 Å². The number of imidazole rings is 1. The Hall–Kier alpha value is -2.55. The summed E-state index contributed by atoms with van der Waals surface area (Å²) in [5.74, 6) is 2.32. The van der Waals surface area contributed by atoms with E-state index in [1.165, 1.54) is 5.56 Å². The Morgan fingerprint density at radius 1 is 1.12 bits per heavy atom. The van der Waals surface area contributed by atoms with E-state index in [0.717, 1.165) is 34.7 Å². The number of allylic oxidation sites excluding steroid dienone is 1. The van der Waals surface area contributed by atoms with Crippen molar-refractivity contribution in [2.45, 2.75) is 39.8 Å². The van der Waals surface area contributed by atoms with Crippen molar-refractivity contribution in [1.82, 2.24) is 9.55 Å². The van der Waals surface area contributed by atoms with Crippen LogP contribution in [0.1, 0.15) is 38.1 Å². The first-order valence-electron chi connectivity index (χ1n) is 8.36. The normalized spacial score (nSPS) is 11.2. The van der Waals surface area contributed by atoms with Crippen LogP contribution in [0.5, 0.6) is 5.75 Å². The van der Waals surface area contributed by atoms with Crippen molar-refractivity contribution in [2.24, 2.45) is 0 Å². The fourth-order valence-corrected chi connectivity index (χ4v) is 2.78. The Kier molecular flexibility index (Phi) is 4.70. The maximum Gasteiger partial charge on any atom is 0.148 e. The third-order valence-electron chi connectivity index (χ3n) is 4.08. The monoisotopic (exact) mass is 320 g/mol. The highest BCUT2D eigenvalue weighted by Crippen LogP contribution is 2.21. The average Bonchev–Trinajstić information content (AvgIpc) is 2.90. The van der Waals surface area contributed by atoms with Crippen molar-refractivity contribution in [3.8, 4) is 5.75 Å². The van der Waals surface area contributed by atoms with Gasteiger partial charge in [-0.3, -0.25) is 0 Å². The highest BCUT2D eigenvalue weighted by molar-refractivity contribution is 5.76. The van der Waals surface area contributed by atoms with E-state index in [9.17, 15) is 0 Å². The highest BCUT2D eigenvalue weighted by atomic mass is 16.5. The lowest BCUT2D eigenvalue weighted by Gasteiger charge is -2.11. The minimum Gasteiger partial charge on any atom is -0.486 e. The van der Waals surface area contributed by atoms with Crippen LogP contribution in [0.2, 0.25) is 0 Å². The zero-order valence-electron chi connectivity index (χ0n) is 14.6. The second-order valence-corrected chi connectivity index (χ2v) is 6.57. The molecule has 0 spiro atoms.